The molecule has 7 heteroatoms. The predicted molar refractivity (Wildman–Crippen MR) is 116 cm³/mol. The standard InChI is InChI=1S/C21H41F3O2SSi/c1-10-16(15-27(25)18(2,3)4)20(21(22,23)24)13-11-17(12-14-20)26-28(8,9)19(5,6)7/h16-17H,10-15H2,1-9H3. The summed E-state index contributed by atoms with van der Waals surface area (Å²) >= 11 is 0. The summed E-state index contributed by atoms with van der Waals surface area (Å²) in [5.41, 5.74) is -1.74. The largest absolute Gasteiger partial charge is 0.414 e. The van der Waals surface area contributed by atoms with E-state index in [1.165, 1.54) is 0 Å². The van der Waals surface area contributed by atoms with E-state index in [9.17, 15) is 17.4 Å². The minimum Gasteiger partial charge on any atom is -0.414 e. The molecule has 168 valence electrons. The summed E-state index contributed by atoms with van der Waals surface area (Å²) in [6.07, 6.45) is -2.95. The molecular weight excluding hydrogens is 401 g/mol. The van der Waals surface area contributed by atoms with Crippen molar-refractivity contribution >= 4 is 19.1 Å². The van der Waals surface area contributed by atoms with Crippen molar-refractivity contribution in [2.75, 3.05) is 5.75 Å². The Kier molecular flexibility index (Phi) is 8.12. The average molecular weight is 443 g/mol. The SMILES string of the molecule is CCC(CS(=O)C(C)(C)C)C1(C(F)(F)F)CCC(O[Si](C)(C)C(C)(C)C)CC1. The van der Waals surface area contributed by atoms with Crippen LogP contribution in [0.4, 0.5) is 13.2 Å². The minimum atomic E-state index is -4.28. The van der Waals surface area contributed by atoms with Crippen molar-refractivity contribution in [1.82, 2.24) is 0 Å². The third-order valence-electron chi connectivity index (χ3n) is 6.97. The fourth-order valence-corrected chi connectivity index (χ4v) is 6.68. The predicted octanol–water partition coefficient (Wildman–Crippen LogP) is 7.07. The molecule has 2 nitrogen and oxygen atoms in total. The monoisotopic (exact) mass is 442 g/mol. The van der Waals surface area contributed by atoms with Crippen molar-refractivity contribution in [3.8, 4) is 0 Å². The van der Waals surface area contributed by atoms with Crippen molar-refractivity contribution in [1.29, 1.82) is 0 Å². The highest BCUT2D eigenvalue weighted by Crippen LogP contribution is 2.56. The van der Waals surface area contributed by atoms with Crippen molar-refractivity contribution in [3.63, 3.8) is 0 Å². The summed E-state index contributed by atoms with van der Waals surface area (Å²) in [6, 6.07) is 0. The van der Waals surface area contributed by atoms with Crippen LogP contribution in [-0.4, -0.2) is 35.3 Å². The van der Waals surface area contributed by atoms with Gasteiger partial charge in [-0.15, -0.1) is 0 Å². The van der Waals surface area contributed by atoms with Gasteiger partial charge in [0.25, 0.3) is 0 Å². The Labute approximate surface area is 174 Å². The third kappa shape index (κ3) is 5.84. The van der Waals surface area contributed by atoms with Gasteiger partial charge in [-0.2, -0.15) is 13.2 Å². The Hall–Kier alpha value is 0.117. The molecule has 0 aromatic heterocycles. The fourth-order valence-electron chi connectivity index (χ4n) is 3.84. The molecule has 0 aliphatic heterocycles. The van der Waals surface area contributed by atoms with Crippen LogP contribution in [0.15, 0.2) is 0 Å². The lowest BCUT2D eigenvalue weighted by Crippen LogP contribution is -2.52. The lowest BCUT2D eigenvalue weighted by atomic mass is 9.64. The van der Waals surface area contributed by atoms with Crippen molar-refractivity contribution in [2.45, 2.75) is 116 Å². The van der Waals surface area contributed by atoms with E-state index in [1.807, 2.05) is 20.8 Å². The van der Waals surface area contributed by atoms with Gasteiger partial charge in [0.05, 0.1) is 5.41 Å². The van der Waals surface area contributed by atoms with E-state index in [4.69, 9.17) is 4.43 Å². The minimum absolute atomic E-state index is 0.0428. The molecule has 0 amide bonds. The van der Waals surface area contributed by atoms with Gasteiger partial charge in [0.15, 0.2) is 8.32 Å². The maximum Gasteiger partial charge on any atom is 0.394 e. The summed E-state index contributed by atoms with van der Waals surface area (Å²) < 4.78 is 61.5. The van der Waals surface area contributed by atoms with Crippen LogP contribution in [0.2, 0.25) is 18.1 Å². The summed E-state index contributed by atoms with van der Waals surface area (Å²) in [5, 5.41) is 0.0428. The number of rotatable bonds is 6. The van der Waals surface area contributed by atoms with Gasteiger partial charge in [-0.05, 0) is 70.5 Å². The smallest absolute Gasteiger partial charge is 0.394 e. The normalized spacial score (nSPS) is 27.5. The van der Waals surface area contributed by atoms with Gasteiger partial charge in [0.1, 0.15) is 0 Å². The molecule has 1 rings (SSSR count). The molecule has 0 bridgehead atoms. The first-order valence-corrected chi connectivity index (χ1v) is 14.7. The van der Waals surface area contributed by atoms with Crippen LogP contribution in [-0.2, 0) is 15.2 Å². The topological polar surface area (TPSA) is 26.3 Å². The van der Waals surface area contributed by atoms with E-state index in [0.717, 1.165) is 0 Å². The lowest BCUT2D eigenvalue weighted by molar-refractivity contribution is -0.255. The molecule has 0 radical (unpaired) electrons. The van der Waals surface area contributed by atoms with Crippen molar-refractivity contribution in [2.24, 2.45) is 11.3 Å². The molecule has 2 atom stereocenters. The highest BCUT2D eigenvalue weighted by molar-refractivity contribution is 7.86. The van der Waals surface area contributed by atoms with Gasteiger partial charge in [-0.25, -0.2) is 0 Å². The van der Waals surface area contributed by atoms with Crippen LogP contribution < -0.4 is 0 Å². The molecule has 2 unspecified atom stereocenters. The molecule has 0 saturated heterocycles. The number of hydrogen-bond donors (Lipinski definition) is 0. The summed E-state index contributed by atoms with van der Waals surface area (Å²) in [4.78, 5) is 0. The van der Waals surface area contributed by atoms with Gasteiger partial charge in [-0.3, -0.25) is 4.21 Å². The molecule has 0 heterocycles. The maximum absolute atomic E-state index is 14.3. The average Bonchev–Trinajstić information content (AvgIpc) is 2.49. The molecule has 1 saturated carbocycles. The summed E-state index contributed by atoms with van der Waals surface area (Å²) in [7, 11) is -3.29. The third-order valence-corrected chi connectivity index (χ3v) is 13.6. The second kappa shape index (κ2) is 8.70. The second-order valence-electron chi connectivity index (χ2n) is 11.0. The highest BCUT2D eigenvalue weighted by atomic mass is 32.2. The molecule has 0 aromatic rings. The Balaban J connectivity index is 3.02. The van der Waals surface area contributed by atoms with Gasteiger partial charge >= 0.3 is 6.18 Å². The quantitative estimate of drug-likeness (QED) is 0.411. The molecule has 28 heavy (non-hydrogen) atoms. The number of hydrogen-bond acceptors (Lipinski definition) is 2. The van der Waals surface area contributed by atoms with E-state index < -0.39 is 41.4 Å². The zero-order valence-corrected chi connectivity index (χ0v) is 21.1. The molecule has 1 aliphatic rings. The van der Waals surface area contributed by atoms with E-state index in [-0.39, 0.29) is 29.7 Å². The first kappa shape index (κ1) is 26.2. The Morgan fingerprint density at radius 2 is 1.54 bits per heavy atom. The van der Waals surface area contributed by atoms with Gasteiger partial charge in [0.2, 0.25) is 0 Å². The van der Waals surface area contributed by atoms with E-state index in [2.05, 4.69) is 33.9 Å². The van der Waals surface area contributed by atoms with Crippen molar-refractivity contribution < 1.29 is 21.8 Å². The van der Waals surface area contributed by atoms with Crippen LogP contribution in [0.3, 0.4) is 0 Å². The van der Waals surface area contributed by atoms with Crippen LogP contribution >= 0.6 is 0 Å². The van der Waals surface area contributed by atoms with Crippen molar-refractivity contribution in [3.05, 3.63) is 0 Å². The molecule has 0 N–H and O–H groups in total. The first-order chi connectivity index (χ1) is 12.4. The molecule has 1 aliphatic carbocycles. The van der Waals surface area contributed by atoms with Gasteiger partial charge < -0.3 is 4.43 Å². The Bertz CT molecular complexity index is 539. The lowest BCUT2D eigenvalue weighted by Gasteiger charge is -2.48. The zero-order chi connectivity index (χ0) is 22.2. The van der Waals surface area contributed by atoms with E-state index >= 15 is 0 Å². The van der Waals surface area contributed by atoms with E-state index in [0.29, 0.717) is 19.3 Å². The zero-order valence-electron chi connectivity index (χ0n) is 19.3. The molecule has 0 aromatic carbocycles. The summed E-state index contributed by atoms with van der Waals surface area (Å²) in [6.45, 7) is 18.1. The van der Waals surface area contributed by atoms with Crippen LogP contribution in [0.1, 0.15) is 80.6 Å². The first-order valence-electron chi connectivity index (χ1n) is 10.5. The molecule has 0 spiro atoms. The second-order valence-corrected chi connectivity index (χ2v) is 18.0. The molecular formula is C21H41F3O2SSi. The number of halogens is 3. The maximum atomic E-state index is 14.3. The Morgan fingerprint density at radius 1 is 1.07 bits per heavy atom. The van der Waals surface area contributed by atoms with Gasteiger partial charge in [0, 0.05) is 27.4 Å². The highest BCUT2D eigenvalue weighted by Gasteiger charge is 2.60. The van der Waals surface area contributed by atoms with Crippen LogP contribution in [0, 0.1) is 11.3 Å². The van der Waals surface area contributed by atoms with Crippen LogP contribution in [0.5, 0.6) is 0 Å². The molecule has 1 fully saturated rings. The van der Waals surface area contributed by atoms with Crippen LogP contribution in [0.25, 0.3) is 0 Å². The fraction of sp³-hybridized carbons (Fsp3) is 1.00. The van der Waals surface area contributed by atoms with Gasteiger partial charge in [-0.1, -0.05) is 34.1 Å². The van der Waals surface area contributed by atoms with E-state index in [1.54, 1.807) is 6.92 Å². The Morgan fingerprint density at radius 3 is 1.86 bits per heavy atom. The number of alkyl halides is 3. The summed E-state index contributed by atoms with van der Waals surface area (Å²) in [5.74, 6) is -0.492.